The van der Waals surface area contributed by atoms with Gasteiger partial charge < -0.3 is 10.7 Å². The molecule has 1 aromatic heterocycles. The second-order valence-electron chi connectivity index (χ2n) is 7.38. The summed E-state index contributed by atoms with van der Waals surface area (Å²) in [5.41, 5.74) is 6.80. The van der Waals surface area contributed by atoms with E-state index in [9.17, 15) is 4.39 Å². The van der Waals surface area contributed by atoms with Crippen molar-refractivity contribution < 1.29 is 4.39 Å². The summed E-state index contributed by atoms with van der Waals surface area (Å²) in [6.07, 6.45) is 10.8. The third-order valence-electron chi connectivity index (χ3n) is 5.50. The molecule has 2 saturated heterocycles. The van der Waals surface area contributed by atoms with Crippen molar-refractivity contribution in [3.8, 4) is 0 Å². The molecule has 4 rings (SSSR count). The van der Waals surface area contributed by atoms with E-state index < -0.39 is 0 Å². The molecule has 2 unspecified atom stereocenters. The highest BCUT2D eigenvalue weighted by atomic mass is 19.1. The third kappa shape index (κ3) is 4.08. The van der Waals surface area contributed by atoms with Crippen molar-refractivity contribution in [3.63, 3.8) is 0 Å². The molecule has 2 fully saturated rings. The molecule has 5 heteroatoms. The Bertz CT molecular complexity index is 817. The second-order valence-corrected chi connectivity index (χ2v) is 7.38. The number of aromatic nitrogens is 1. The van der Waals surface area contributed by atoms with E-state index in [1.165, 1.54) is 25.0 Å². The second kappa shape index (κ2) is 8.01. The zero-order valence-corrected chi connectivity index (χ0v) is 15.5. The lowest BCUT2D eigenvalue weighted by Crippen LogP contribution is -2.37. The van der Waals surface area contributed by atoms with E-state index in [2.05, 4.69) is 26.9 Å². The first kappa shape index (κ1) is 17.9. The summed E-state index contributed by atoms with van der Waals surface area (Å²) in [6.45, 7) is 0. The van der Waals surface area contributed by atoms with Gasteiger partial charge in [0, 0.05) is 42.7 Å². The Kier molecular flexibility index (Phi) is 5.30. The molecular formula is C22H25FN4. The molecule has 140 valence electrons. The van der Waals surface area contributed by atoms with E-state index in [1.54, 1.807) is 31.6 Å². The van der Waals surface area contributed by atoms with Crippen LogP contribution in [0.15, 0.2) is 60.0 Å². The number of rotatable bonds is 5. The Morgan fingerprint density at radius 3 is 2.37 bits per heavy atom. The molecule has 2 aliphatic rings. The van der Waals surface area contributed by atoms with Crippen LogP contribution in [0.25, 0.3) is 5.57 Å². The highest BCUT2D eigenvalue weighted by Gasteiger charge is 2.33. The van der Waals surface area contributed by atoms with E-state index in [0.717, 1.165) is 35.3 Å². The number of pyridine rings is 1. The molecule has 0 amide bonds. The molecule has 2 aliphatic heterocycles. The summed E-state index contributed by atoms with van der Waals surface area (Å²) in [6, 6.07) is 11.8. The van der Waals surface area contributed by atoms with E-state index in [0.29, 0.717) is 18.0 Å². The third-order valence-corrected chi connectivity index (χ3v) is 5.50. The Balaban J connectivity index is 1.75. The fourth-order valence-electron chi connectivity index (χ4n) is 4.32. The van der Waals surface area contributed by atoms with Gasteiger partial charge in [0.25, 0.3) is 0 Å². The molecule has 0 saturated carbocycles. The van der Waals surface area contributed by atoms with Gasteiger partial charge in [-0.3, -0.25) is 4.98 Å². The van der Waals surface area contributed by atoms with Gasteiger partial charge in [0.05, 0.1) is 5.71 Å². The van der Waals surface area contributed by atoms with Crippen LogP contribution in [0.5, 0.6) is 0 Å². The molecule has 4 nitrogen and oxygen atoms in total. The van der Waals surface area contributed by atoms with Crippen molar-refractivity contribution in [1.29, 1.82) is 0 Å². The average molecular weight is 364 g/mol. The Hall–Kier alpha value is -2.53. The van der Waals surface area contributed by atoms with Crippen LogP contribution < -0.4 is 10.7 Å². The maximum Gasteiger partial charge on any atom is 0.123 e. The summed E-state index contributed by atoms with van der Waals surface area (Å²) in [7, 11) is 1.79. The highest BCUT2D eigenvalue weighted by Crippen LogP contribution is 2.34. The normalized spacial score (nSPS) is 25.5. The molecule has 2 atom stereocenters. The topological polar surface area (TPSA) is 49.3 Å². The van der Waals surface area contributed by atoms with Gasteiger partial charge in [-0.2, -0.15) is 5.10 Å². The van der Waals surface area contributed by atoms with Gasteiger partial charge in [-0.1, -0.05) is 6.08 Å². The van der Waals surface area contributed by atoms with Gasteiger partial charge in [0.15, 0.2) is 0 Å². The summed E-state index contributed by atoms with van der Waals surface area (Å²) in [5, 5.41) is 8.26. The molecule has 3 heterocycles. The zero-order chi connectivity index (χ0) is 18.6. The first-order chi connectivity index (χ1) is 13.2. The molecule has 0 aliphatic carbocycles. The van der Waals surface area contributed by atoms with E-state index in [4.69, 9.17) is 0 Å². The van der Waals surface area contributed by atoms with Crippen LogP contribution in [0.2, 0.25) is 0 Å². The number of piperidine rings is 1. The fourth-order valence-corrected chi connectivity index (χ4v) is 4.32. The average Bonchev–Trinajstić information content (AvgIpc) is 3.04. The predicted molar refractivity (Wildman–Crippen MR) is 107 cm³/mol. The number of nitrogens with zero attached hydrogens (tertiary/aromatic N) is 2. The van der Waals surface area contributed by atoms with Crippen LogP contribution in [-0.4, -0.2) is 29.8 Å². The van der Waals surface area contributed by atoms with Crippen LogP contribution in [0, 0.1) is 11.7 Å². The number of nitrogens with one attached hydrogen (secondary N) is 2. The van der Waals surface area contributed by atoms with Crippen molar-refractivity contribution in [2.24, 2.45) is 11.0 Å². The van der Waals surface area contributed by atoms with Crippen LogP contribution in [-0.2, 0) is 0 Å². The fraction of sp³-hybridized carbons (Fsp3) is 0.364. The molecule has 1 aromatic carbocycles. The van der Waals surface area contributed by atoms with Crippen molar-refractivity contribution in [2.45, 2.75) is 37.8 Å². The number of hydrogen-bond donors (Lipinski definition) is 2. The van der Waals surface area contributed by atoms with Crippen molar-refractivity contribution in [3.05, 3.63) is 71.8 Å². The lowest BCUT2D eigenvalue weighted by Gasteiger charge is -2.28. The van der Waals surface area contributed by atoms with Crippen LogP contribution >= 0.6 is 0 Å². The van der Waals surface area contributed by atoms with Gasteiger partial charge in [-0.25, -0.2) is 4.39 Å². The van der Waals surface area contributed by atoms with Gasteiger partial charge in [-0.15, -0.1) is 0 Å². The van der Waals surface area contributed by atoms with Gasteiger partial charge in [0.2, 0.25) is 0 Å². The highest BCUT2D eigenvalue weighted by molar-refractivity contribution is 6.31. The molecule has 2 aromatic rings. The zero-order valence-electron chi connectivity index (χ0n) is 15.5. The molecule has 2 N–H and O–H groups in total. The van der Waals surface area contributed by atoms with Crippen LogP contribution in [0.4, 0.5) is 4.39 Å². The number of halogens is 1. The maximum absolute atomic E-state index is 13.4. The van der Waals surface area contributed by atoms with Crippen molar-refractivity contribution in [1.82, 2.24) is 15.7 Å². The van der Waals surface area contributed by atoms with E-state index >= 15 is 0 Å². The number of benzene rings is 1. The van der Waals surface area contributed by atoms with E-state index in [1.807, 2.05) is 12.1 Å². The van der Waals surface area contributed by atoms with Crippen LogP contribution in [0.3, 0.4) is 0 Å². The first-order valence-corrected chi connectivity index (χ1v) is 9.62. The Morgan fingerprint density at radius 1 is 1.07 bits per heavy atom. The van der Waals surface area contributed by atoms with Crippen LogP contribution in [0.1, 0.15) is 36.8 Å². The minimum Gasteiger partial charge on any atom is -0.313 e. The largest absolute Gasteiger partial charge is 0.313 e. The van der Waals surface area contributed by atoms with Gasteiger partial charge in [0.1, 0.15) is 5.82 Å². The number of hydrazone groups is 1. The molecule has 27 heavy (non-hydrogen) atoms. The molecular weight excluding hydrogens is 339 g/mol. The maximum atomic E-state index is 13.4. The number of hydrogen-bond acceptors (Lipinski definition) is 4. The molecule has 0 radical (unpaired) electrons. The van der Waals surface area contributed by atoms with Crippen molar-refractivity contribution in [2.75, 3.05) is 7.05 Å². The lowest BCUT2D eigenvalue weighted by molar-refractivity contribution is 0.345. The summed E-state index contributed by atoms with van der Waals surface area (Å²) < 4.78 is 13.4. The summed E-state index contributed by atoms with van der Waals surface area (Å²) in [5.74, 6) is 0.265. The monoisotopic (exact) mass is 364 g/mol. The van der Waals surface area contributed by atoms with E-state index in [-0.39, 0.29) is 5.82 Å². The minimum atomic E-state index is -0.244. The predicted octanol–water partition coefficient (Wildman–Crippen LogP) is 3.76. The van der Waals surface area contributed by atoms with Crippen molar-refractivity contribution >= 4 is 11.3 Å². The number of allylic oxidation sites excluding steroid dienone is 2. The first-order valence-electron chi connectivity index (χ1n) is 9.62. The van der Waals surface area contributed by atoms with Gasteiger partial charge >= 0.3 is 0 Å². The standard InChI is InChI=1S/C22H25FN4/c1-24-27-22(17-2-4-18(23)5-3-17)21(16-8-10-25-11-9-16)14-15-12-19-6-7-20(13-15)26-19/h2-5,8-11,14-15,19-20,24,26H,6-7,12-13H2,1H3/b21-14+,27-22-. The smallest absolute Gasteiger partial charge is 0.123 e. The Morgan fingerprint density at radius 2 is 1.74 bits per heavy atom. The number of fused-ring (bicyclic) bond motifs is 2. The molecule has 2 bridgehead atoms. The quantitative estimate of drug-likeness (QED) is 0.627. The summed E-state index contributed by atoms with van der Waals surface area (Å²) >= 11 is 0. The van der Waals surface area contributed by atoms with Gasteiger partial charge in [-0.05, 0) is 73.6 Å². The SMILES string of the molecule is CN/N=C(\C(=C\C1CC2CCC(C1)N2)c1ccncc1)c1ccc(F)cc1. The Labute approximate surface area is 159 Å². The lowest BCUT2D eigenvalue weighted by atomic mass is 9.87. The molecule has 0 spiro atoms. The minimum absolute atomic E-state index is 0.244. The summed E-state index contributed by atoms with van der Waals surface area (Å²) in [4.78, 5) is 4.16.